The number of rotatable bonds is 5. The largest absolute Gasteiger partial charge is 0.378 e. The van der Waals surface area contributed by atoms with Crippen molar-refractivity contribution in [2.75, 3.05) is 31.2 Å². The van der Waals surface area contributed by atoms with E-state index in [1.54, 1.807) is 10.9 Å². The topological polar surface area (TPSA) is 92.2 Å². The van der Waals surface area contributed by atoms with Crippen LogP contribution < -0.4 is 4.90 Å². The van der Waals surface area contributed by atoms with Crippen LogP contribution in [0.1, 0.15) is 33.2 Å². The van der Waals surface area contributed by atoms with Crippen LogP contribution in [0.4, 0.5) is 5.69 Å². The Morgan fingerprint density at radius 1 is 1.18 bits per heavy atom. The Hall–Kier alpha value is -3.43. The molecule has 0 aliphatic carbocycles. The maximum absolute atomic E-state index is 13.6. The Balaban J connectivity index is 1.39. The van der Waals surface area contributed by atoms with Crippen LogP contribution in [0, 0.1) is 0 Å². The molecule has 1 atom stereocenters. The van der Waals surface area contributed by atoms with Gasteiger partial charge in [0.25, 0.3) is 5.91 Å². The molecule has 1 N–H and O–H groups in total. The zero-order valence-electron chi connectivity index (χ0n) is 18.7. The average molecular weight is 478 g/mol. The van der Waals surface area contributed by atoms with Crippen LogP contribution in [0.5, 0.6) is 0 Å². The number of benzene rings is 2. The maximum atomic E-state index is 13.6. The van der Waals surface area contributed by atoms with E-state index in [4.69, 9.17) is 16.3 Å². The first-order valence-corrected chi connectivity index (χ1v) is 11.7. The minimum atomic E-state index is -0.163. The van der Waals surface area contributed by atoms with E-state index in [2.05, 4.69) is 31.5 Å². The fourth-order valence-corrected chi connectivity index (χ4v) is 5.18. The third-order valence-corrected chi connectivity index (χ3v) is 7.09. The number of nitrogens with one attached hydrogen (secondary N) is 1. The second kappa shape index (κ2) is 8.41. The number of amides is 1. The maximum Gasteiger partial charge on any atom is 0.255 e. The molecule has 0 radical (unpaired) electrons. The summed E-state index contributed by atoms with van der Waals surface area (Å²) in [6.07, 6.45) is 2.23. The number of halogens is 1. The molecule has 0 saturated carbocycles. The highest BCUT2D eigenvalue weighted by molar-refractivity contribution is 6.31. The van der Waals surface area contributed by atoms with Gasteiger partial charge < -0.3 is 14.5 Å². The normalized spacial score (nSPS) is 18.2. The molecule has 34 heavy (non-hydrogen) atoms. The number of carbonyl (C=O) groups is 1. The van der Waals surface area contributed by atoms with Gasteiger partial charge in [-0.05, 0) is 41.5 Å². The van der Waals surface area contributed by atoms with Crippen molar-refractivity contribution in [1.29, 1.82) is 0 Å². The molecule has 4 heterocycles. The second-order valence-corrected chi connectivity index (χ2v) is 9.16. The zero-order chi connectivity index (χ0) is 23.2. The lowest BCUT2D eigenvalue weighted by Crippen LogP contribution is -2.36. The molecule has 6 rings (SSSR count). The number of carbonyl (C=O) groups excluding carboxylic acids is 1. The van der Waals surface area contributed by atoms with Gasteiger partial charge in [-0.15, -0.1) is 5.10 Å². The van der Waals surface area contributed by atoms with E-state index in [0.29, 0.717) is 31.2 Å². The molecule has 4 aromatic rings. The molecule has 9 nitrogen and oxygen atoms in total. The number of hydrogen-bond donors (Lipinski definition) is 1. The molecule has 1 saturated heterocycles. The van der Waals surface area contributed by atoms with Gasteiger partial charge in [0.2, 0.25) is 0 Å². The minimum Gasteiger partial charge on any atom is -0.378 e. The van der Waals surface area contributed by atoms with Gasteiger partial charge in [0.1, 0.15) is 5.52 Å². The summed E-state index contributed by atoms with van der Waals surface area (Å²) in [7, 11) is 1.88. The number of aromatic nitrogens is 5. The summed E-state index contributed by atoms with van der Waals surface area (Å²) in [6, 6.07) is 11.9. The molecule has 2 aromatic carbocycles. The predicted molar refractivity (Wildman–Crippen MR) is 128 cm³/mol. The van der Waals surface area contributed by atoms with Gasteiger partial charge in [0.05, 0.1) is 41.7 Å². The van der Waals surface area contributed by atoms with Gasteiger partial charge in [0.15, 0.2) is 0 Å². The fraction of sp³-hybridized carbons (Fsp3) is 0.333. The molecule has 0 bridgehead atoms. The highest BCUT2D eigenvalue weighted by Crippen LogP contribution is 2.40. The number of aromatic amines is 1. The Morgan fingerprint density at radius 3 is 2.82 bits per heavy atom. The Labute approximate surface area is 201 Å². The van der Waals surface area contributed by atoms with Gasteiger partial charge in [-0.1, -0.05) is 22.9 Å². The summed E-state index contributed by atoms with van der Waals surface area (Å²) < 4.78 is 7.30. The molecule has 10 heteroatoms. The minimum absolute atomic E-state index is 0.0204. The van der Waals surface area contributed by atoms with E-state index in [0.717, 1.165) is 52.2 Å². The molecule has 174 valence electrons. The summed E-state index contributed by atoms with van der Waals surface area (Å²) in [6.45, 7) is 3.56. The lowest BCUT2D eigenvalue weighted by molar-refractivity contribution is 0.0708. The van der Waals surface area contributed by atoms with E-state index in [1.807, 2.05) is 42.3 Å². The van der Waals surface area contributed by atoms with E-state index in [-0.39, 0.29) is 11.9 Å². The summed E-state index contributed by atoms with van der Waals surface area (Å²) in [5.41, 5.74) is 6.42. The highest BCUT2D eigenvalue weighted by Gasteiger charge is 2.38. The Kier molecular flexibility index (Phi) is 5.23. The van der Waals surface area contributed by atoms with E-state index >= 15 is 0 Å². The molecule has 0 spiro atoms. The molecule has 1 amide bonds. The number of anilines is 1. The van der Waals surface area contributed by atoms with Crippen molar-refractivity contribution in [2.45, 2.75) is 19.0 Å². The molecule has 2 aliphatic rings. The lowest BCUT2D eigenvalue weighted by atomic mass is 9.99. The summed E-state index contributed by atoms with van der Waals surface area (Å²) in [5, 5.41) is 15.8. The van der Waals surface area contributed by atoms with Crippen molar-refractivity contribution in [2.24, 2.45) is 7.05 Å². The van der Waals surface area contributed by atoms with Crippen LogP contribution in [-0.2, 0) is 24.8 Å². The molecular formula is C24H24ClN7O2. The van der Waals surface area contributed by atoms with E-state index in [9.17, 15) is 4.79 Å². The first-order valence-electron chi connectivity index (χ1n) is 11.3. The van der Waals surface area contributed by atoms with Gasteiger partial charge in [-0.3, -0.25) is 14.6 Å². The van der Waals surface area contributed by atoms with Crippen LogP contribution in [-0.4, -0.2) is 62.3 Å². The molecule has 1 fully saturated rings. The monoisotopic (exact) mass is 477 g/mol. The van der Waals surface area contributed by atoms with E-state index in [1.165, 1.54) is 0 Å². The molecule has 2 aromatic heterocycles. The van der Waals surface area contributed by atoms with Crippen molar-refractivity contribution in [3.8, 4) is 0 Å². The van der Waals surface area contributed by atoms with Crippen molar-refractivity contribution in [3.63, 3.8) is 0 Å². The second-order valence-electron chi connectivity index (χ2n) is 8.75. The number of hydrogen-bond acceptors (Lipinski definition) is 6. The van der Waals surface area contributed by atoms with Crippen molar-refractivity contribution < 1.29 is 9.53 Å². The first kappa shape index (κ1) is 21.1. The molecular weight excluding hydrogens is 454 g/mol. The van der Waals surface area contributed by atoms with Crippen LogP contribution in [0.3, 0.4) is 0 Å². The van der Waals surface area contributed by atoms with Crippen molar-refractivity contribution in [3.05, 3.63) is 70.0 Å². The number of fused-ring (bicyclic) bond motifs is 2. The Morgan fingerprint density at radius 2 is 2.03 bits per heavy atom. The van der Waals surface area contributed by atoms with Crippen molar-refractivity contribution in [1.82, 2.24) is 30.1 Å². The van der Waals surface area contributed by atoms with Crippen LogP contribution in [0.25, 0.3) is 11.0 Å². The van der Waals surface area contributed by atoms with Crippen LogP contribution >= 0.6 is 11.6 Å². The zero-order valence-corrected chi connectivity index (χ0v) is 19.5. The highest BCUT2D eigenvalue weighted by atomic mass is 35.5. The van der Waals surface area contributed by atoms with Crippen molar-refractivity contribution >= 4 is 34.2 Å². The van der Waals surface area contributed by atoms with Gasteiger partial charge >= 0.3 is 0 Å². The Bertz CT molecular complexity index is 1360. The predicted octanol–water partition coefficient (Wildman–Crippen LogP) is 3.12. The number of aryl methyl sites for hydroxylation is 1. The summed E-state index contributed by atoms with van der Waals surface area (Å²) >= 11 is 6.47. The lowest BCUT2D eigenvalue weighted by Gasteiger charge is -2.30. The van der Waals surface area contributed by atoms with Gasteiger partial charge in [0, 0.05) is 44.4 Å². The number of ether oxygens (including phenoxy) is 1. The number of H-pyrrole nitrogens is 1. The third-order valence-electron chi connectivity index (χ3n) is 6.78. The number of nitrogens with zero attached hydrogens (tertiary/aromatic N) is 6. The summed E-state index contributed by atoms with van der Waals surface area (Å²) in [5.74, 6) is 0.0204. The number of morpholine rings is 1. The first-order chi connectivity index (χ1) is 16.6. The molecule has 1 unspecified atom stereocenters. The van der Waals surface area contributed by atoms with Crippen LogP contribution in [0.2, 0.25) is 5.02 Å². The third kappa shape index (κ3) is 3.61. The smallest absolute Gasteiger partial charge is 0.255 e. The SMILES string of the molecule is Cn1ncc(Cl)c1CC1c2cc(N3CCOCC3)ccc2C(=O)N1Cc1ccc2[nH]nnc2c1. The van der Waals surface area contributed by atoms with E-state index < -0.39 is 0 Å². The summed E-state index contributed by atoms with van der Waals surface area (Å²) in [4.78, 5) is 17.9. The van der Waals surface area contributed by atoms with Crippen LogP contribution in [0.15, 0.2) is 42.6 Å². The standard InChI is InChI=1S/C24H24ClN7O2/c1-30-23(19(25)13-26-30)12-22-18-11-16(31-6-8-34-9-7-31)3-4-17(18)24(33)32(22)14-15-2-5-20-21(10-15)28-29-27-20/h2-5,10-11,13,22H,6-9,12,14H2,1H3,(H,27,28,29). The quantitative estimate of drug-likeness (QED) is 0.475. The van der Waals surface area contributed by atoms with Gasteiger partial charge in [-0.2, -0.15) is 5.10 Å². The van der Waals surface area contributed by atoms with Gasteiger partial charge in [-0.25, -0.2) is 0 Å². The molecule has 2 aliphatic heterocycles. The fourth-order valence-electron chi connectivity index (χ4n) is 4.94. The average Bonchev–Trinajstić information content (AvgIpc) is 3.53.